The van der Waals surface area contributed by atoms with E-state index in [1.54, 1.807) is 0 Å². The molecule has 2 unspecified atom stereocenters. The third-order valence-corrected chi connectivity index (χ3v) is 5.28. The van der Waals surface area contributed by atoms with Crippen LogP contribution in [-0.4, -0.2) is 28.6 Å². The molecule has 29 heavy (non-hydrogen) atoms. The summed E-state index contributed by atoms with van der Waals surface area (Å²) < 4.78 is 28.1. The summed E-state index contributed by atoms with van der Waals surface area (Å²) in [6, 6.07) is 11.4. The van der Waals surface area contributed by atoms with Crippen molar-refractivity contribution in [2.45, 2.75) is 38.3 Å². The molecule has 4 rings (SSSR count). The molecule has 2 aliphatic rings. The first-order valence-electron chi connectivity index (χ1n) is 9.62. The van der Waals surface area contributed by atoms with Crippen molar-refractivity contribution in [1.82, 2.24) is 10.3 Å². The predicted octanol–water partition coefficient (Wildman–Crippen LogP) is 3.56. The van der Waals surface area contributed by atoms with Crippen molar-refractivity contribution in [2.24, 2.45) is 11.0 Å². The number of carbonyl (C=O) groups is 2. The molecule has 0 saturated heterocycles. The minimum absolute atomic E-state index is 0.0451. The van der Waals surface area contributed by atoms with Crippen LogP contribution in [-0.2, 0) is 9.59 Å². The highest BCUT2D eigenvalue weighted by Crippen LogP contribution is 2.38. The second-order valence-corrected chi connectivity index (χ2v) is 7.50. The SMILES string of the molecule is CC(=O)NC(C(=O)N1N=C(c2cc(F)ccc2F)CC1c1ccccc1)C1CC1. The summed E-state index contributed by atoms with van der Waals surface area (Å²) in [4.78, 5) is 24.9. The minimum Gasteiger partial charge on any atom is -0.344 e. The van der Waals surface area contributed by atoms with Crippen LogP contribution in [0.15, 0.2) is 53.6 Å². The van der Waals surface area contributed by atoms with Crippen LogP contribution in [0, 0.1) is 17.6 Å². The Balaban J connectivity index is 1.71. The lowest BCUT2D eigenvalue weighted by Gasteiger charge is -2.26. The fourth-order valence-electron chi connectivity index (χ4n) is 3.70. The van der Waals surface area contributed by atoms with Gasteiger partial charge >= 0.3 is 0 Å². The molecule has 0 aromatic heterocycles. The Labute approximate surface area is 167 Å². The van der Waals surface area contributed by atoms with Crippen LogP contribution in [0.3, 0.4) is 0 Å². The van der Waals surface area contributed by atoms with Crippen molar-refractivity contribution in [3.05, 3.63) is 71.3 Å². The van der Waals surface area contributed by atoms with Gasteiger partial charge in [0.25, 0.3) is 5.91 Å². The summed E-state index contributed by atoms with van der Waals surface area (Å²) in [5.41, 5.74) is 1.19. The van der Waals surface area contributed by atoms with Crippen LogP contribution in [0.5, 0.6) is 0 Å². The number of hydrogen-bond acceptors (Lipinski definition) is 3. The van der Waals surface area contributed by atoms with Crippen LogP contribution in [0.1, 0.15) is 43.4 Å². The molecule has 1 aliphatic carbocycles. The van der Waals surface area contributed by atoms with Crippen LogP contribution < -0.4 is 5.32 Å². The standard InChI is InChI=1S/C22H21F2N3O2/c1-13(28)25-21(15-7-8-15)22(29)27-20(14-5-3-2-4-6-14)12-19(26-27)17-11-16(23)9-10-18(17)24/h2-6,9-11,15,20-21H,7-8,12H2,1H3,(H,25,28). The normalized spacial score (nSPS) is 19.6. The van der Waals surface area contributed by atoms with E-state index in [0.29, 0.717) is 5.71 Å². The van der Waals surface area contributed by atoms with Gasteiger partial charge in [-0.1, -0.05) is 30.3 Å². The Morgan fingerprint density at radius 2 is 1.86 bits per heavy atom. The number of hydrogen-bond donors (Lipinski definition) is 1. The number of carbonyl (C=O) groups excluding carboxylic acids is 2. The Kier molecular flexibility index (Phi) is 5.13. The summed E-state index contributed by atoms with van der Waals surface area (Å²) in [6.07, 6.45) is 1.97. The van der Waals surface area contributed by atoms with E-state index < -0.39 is 23.7 Å². The Bertz CT molecular complexity index is 973. The monoisotopic (exact) mass is 397 g/mol. The summed E-state index contributed by atoms with van der Waals surface area (Å²) in [5, 5.41) is 8.46. The van der Waals surface area contributed by atoms with E-state index in [9.17, 15) is 18.4 Å². The van der Waals surface area contributed by atoms with Crippen molar-refractivity contribution in [3.8, 4) is 0 Å². The van der Waals surface area contributed by atoms with Gasteiger partial charge in [0, 0.05) is 18.9 Å². The fourth-order valence-corrected chi connectivity index (χ4v) is 3.70. The van der Waals surface area contributed by atoms with Gasteiger partial charge in [0.15, 0.2) is 0 Å². The van der Waals surface area contributed by atoms with Crippen LogP contribution >= 0.6 is 0 Å². The molecule has 5 nitrogen and oxygen atoms in total. The predicted molar refractivity (Wildman–Crippen MR) is 104 cm³/mol. The number of hydrazone groups is 1. The molecule has 2 aromatic carbocycles. The number of halogens is 2. The van der Waals surface area contributed by atoms with Crippen molar-refractivity contribution in [1.29, 1.82) is 0 Å². The molecular weight excluding hydrogens is 376 g/mol. The number of benzene rings is 2. The van der Waals surface area contributed by atoms with Gasteiger partial charge < -0.3 is 5.32 Å². The summed E-state index contributed by atoms with van der Waals surface area (Å²) in [5.74, 6) is -1.70. The molecule has 1 aliphatic heterocycles. The van der Waals surface area contributed by atoms with Gasteiger partial charge in [0.05, 0.1) is 11.8 Å². The Morgan fingerprint density at radius 3 is 2.52 bits per heavy atom. The zero-order chi connectivity index (χ0) is 20.5. The van der Waals surface area contributed by atoms with Crippen LogP contribution in [0.2, 0.25) is 0 Å². The molecule has 150 valence electrons. The summed E-state index contributed by atoms with van der Waals surface area (Å²) in [7, 11) is 0. The molecule has 1 saturated carbocycles. The minimum atomic E-state index is -0.667. The average Bonchev–Trinajstić information content (AvgIpc) is 3.46. The molecule has 1 heterocycles. The third-order valence-electron chi connectivity index (χ3n) is 5.28. The van der Waals surface area contributed by atoms with Gasteiger partial charge in [-0.25, -0.2) is 13.8 Å². The Hall–Kier alpha value is -3.09. The lowest BCUT2D eigenvalue weighted by atomic mass is 9.97. The largest absolute Gasteiger partial charge is 0.344 e. The molecule has 0 spiro atoms. The van der Waals surface area contributed by atoms with E-state index in [-0.39, 0.29) is 29.7 Å². The molecule has 0 radical (unpaired) electrons. The summed E-state index contributed by atoms with van der Waals surface area (Å²) in [6.45, 7) is 1.37. The average molecular weight is 397 g/mol. The van der Waals surface area contributed by atoms with E-state index in [1.807, 2.05) is 30.3 Å². The molecule has 1 N–H and O–H groups in total. The highest BCUT2D eigenvalue weighted by Gasteiger charge is 2.43. The van der Waals surface area contributed by atoms with Gasteiger partial charge in [-0.15, -0.1) is 0 Å². The first-order chi connectivity index (χ1) is 13.9. The molecule has 7 heteroatoms. The van der Waals surface area contributed by atoms with Crippen molar-refractivity contribution in [2.75, 3.05) is 0 Å². The highest BCUT2D eigenvalue weighted by molar-refractivity contribution is 6.04. The van der Waals surface area contributed by atoms with Gasteiger partial charge in [0.1, 0.15) is 17.7 Å². The molecular formula is C22H21F2N3O2. The topological polar surface area (TPSA) is 61.8 Å². The van der Waals surface area contributed by atoms with Crippen LogP contribution in [0.25, 0.3) is 0 Å². The number of rotatable bonds is 5. The maximum atomic E-state index is 14.3. The maximum absolute atomic E-state index is 14.3. The Morgan fingerprint density at radius 1 is 1.14 bits per heavy atom. The second-order valence-electron chi connectivity index (χ2n) is 7.50. The molecule has 2 atom stereocenters. The van der Waals surface area contributed by atoms with Crippen LogP contribution in [0.4, 0.5) is 8.78 Å². The van der Waals surface area contributed by atoms with E-state index >= 15 is 0 Å². The first kappa shape index (κ1) is 19.2. The first-order valence-corrected chi connectivity index (χ1v) is 9.62. The van der Waals surface area contributed by atoms with E-state index in [1.165, 1.54) is 11.9 Å². The van der Waals surface area contributed by atoms with E-state index in [0.717, 1.165) is 36.6 Å². The smallest absolute Gasteiger partial charge is 0.266 e. The molecule has 2 amide bonds. The number of nitrogens with zero attached hydrogens (tertiary/aromatic N) is 2. The quantitative estimate of drug-likeness (QED) is 0.839. The van der Waals surface area contributed by atoms with Gasteiger partial charge in [-0.2, -0.15) is 5.10 Å². The fraction of sp³-hybridized carbons (Fsp3) is 0.318. The zero-order valence-corrected chi connectivity index (χ0v) is 15.9. The van der Waals surface area contributed by atoms with Crippen molar-refractivity contribution >= 4 is 17.5 Å². The van der Waals surface area contributed by atoms with E-state index in [2.05, 4.69) is 10.4 Å². The highest BCUT2D eigenvalue weighted by atomic mass is 19.1. The van der Waals surface area contributed by atoms with Crippen molar-refractivity contribution in [3.63, 3.8) is 0 Å². The van der Waals surface area contributed by atoms with Gasteiger partial charge in [0.2, 0.25) is 5.91 Å². The zero-order valence-electron chi connectivity index (χ0n) is 15.9. The van der Waals surface area contributed by atoms with Gasteiger partial charge in [-0.05, 0) is 42.5 Å². The van der Waals surface area contributed by atoms with E-state index in [4.69, 9.17) is 0 Å². The lowest BCUT2D eigenvalue weighted by molar-refractivity contribution is -0.138. The lowest BCUT2D eigenvalue weighted by Crippen LogP contribution is -2.47. The molecule has 2 aromatic rings. The van der Waals surface area contributed by atoms with Crippen molar-refractivity contribution < 1.29 is 18.4 Å². The van der Waals surface area contributed by atoms with Gasteiger partial charge in [-0.3, -0.25) is 9.59 Å². The molecule has 0 bridgehead atoms. The second kappa shape index (κ2) is 7.73. The number of amides is 2. The maximum Gasteiger partial charge on any atom is 0.266 e. The third kappa shape index (κ3) is 4.04. The molecule has 1 fully saturated rings. The summed E-state index contributed by atoms with van der Waals surface area (Å²) >= 11 is 0. The number of nitrogens with one attached hydrogen (secondary N) is 1.